The van der Waals surface area contributed by atoms with Crippen LogP contribution in [0.1, 0.15) is 69.8 Å². The second-order valence-electron chi connectivity index (χ2n) is 9.17. The first-order valence-electron chi connectivity index (χ1n) is 11.9. The van der Waals surface area contributed by atoms with Crippen LogP contribution in [-0.4, -0.2) is 28.3 Å². The van der Waals surface area contributed by atoms with E-state index in [2.05, 4.69) is 52.4 Å². The van der Waals surface area contributed by atoms with E-state index in [1.54, 1.807) is 11.3 Å². The van der Waals surface area contributed by atoms with Gasteiger partial charge in [-0.15, -0.1) is 11.3 Å². The van der Waals surface area contributed by atoms with Gasteiger partial charge in [0.25, 0.3) is 5.91 Å². The van der Waals surface area contributed by atoms with Crippen LogP contribution in [0.2, 0.25) is 0 Å². The number of nitrogens with one attached hydrogen (secondary N) is 1. The molecular weight excluding hydrogens is 416 g/mol. The Labute approximate surface area is 194 Å². The van der Waals surface area contributed by atoms with Crippen molar-refractivity contribution >= 4 is 17.2 Å². The lowest BCUT2D eigenvalue weighted by Gasteiger charge is -2.17. The zero-order valence-corrected chi connectivity index (χ0v) is 19.6. The van der Waals surface area contributed by atoms with Gasteiger partial charge in [-0.05, 0) is 67.2 Å². The molecule has 1 aliphatic carbocycles. The van der Waals surface area contributed by atoms with Crippen molar-refractivity contribution in [3.63, 3.8) is 0 Å². The molecule has 1 aromatic carbocycles. The topological polar surface area (TPSA) is 72.9 Å². The number of nitrogens with zero attached hydrogens (tertiary/aromatic N) is 2. The molecule has 6 heteroatoms. The molecular formula is C26H32N4OS. The predicted molar refractivity (Wildman–Crippen MR) is 130 cm³/mol. The van der Waals surface area contributed by atoms with E-state index in [0.29, 0.717) is 6.54 Å². The van der Waals surface area contributed by atoms with Crippen LogP contribution in [0.3, 0.4) is 0 Å². The summed E-state index contributed by atoms with van der Waals surface area (Å²) in [5.41, 5.74) is 12.4. The first kappa shape index (κ1) is 21.4. The zero-order chi connectivity index (χ0) is 22.1. The molecule has 32 heavy (non-hydrogen) atoms. The Balaban J connectivity index is 1.32. The summed E-state index contributed by atoms with van der Waals surface area (Å²) in [6.45, 7) is 3.56. The molecule has 2 aromatic heterocycles. The Morgan fingerprint density at radius 1 is 1.31 bits per heavy atom. The molecule has 0 unspecified atom stereocenters. The number of carbonyl (C=O) groups excluding carboxylic acids is 1. The molecule has 0 spiro atoms. The average Bonchev–Trinajstić information content (AvgIpc) is 3.50. The third-order valence-electron chi connectivity index (χ3n) is 6.63. The largest absolute Gasteiger partial charge is 0.347 e. The van der Waals surface area contributed by atoms with Crippen molar-refractivity contribution in [1.82, 2.24) is 15.1 Å². The Morgan fingerprint density at radius 3 is 2.84 bits per heavy atom. The SMILES string of the molecule is CCCc1cnn2c1-c1cc(C(=O)N[C@H](CN)Cc3ccc(C4CC4)cc3)sc1CCC2. The van der Waals surface area contributed by atoms with E-state index >= 15 is 0 Å². The van der Waals surface area contributed by atoms with Crippen LogP contribution in [0.15, 0.2) is 36.5 Å². The lowest BCUT2D eigenvalue weighted by atomic mass is 10.0. The molecule has 3 N–H and O–H groups in total. The number of hydrogen-bond acceptors (Lipinski definition) is 4. The lowest BCUT2D eigenvalue weighted by molar-refractivity contribution is 0.0942. The van der Waals surface area contributed by atoms with E-state index in [0.717, 1.165) is 49.4 Å². The quantitative estimate of drug-likeness (QED) is 0.525. The van der Waals surface area contributed by atoms with E-state index in [1.165, 1.54) is 45.7 Å². The molecule has 1 atom stereocenters. The number of aryl methyl sites for hydroxylation is 3. The molecule has 5 nitrogen and oxygen atoms in total. The van der Waals surface area contributed by atoms with Crippen molar-refractivity contribution in [3.8, 4) is 11.3 Å². The Bertz CT molecular complexity index is 1090. The number of hydrogen-bond donors (Lipinski definition) is 2. The Hall–Kier alpha value is -2.44. The highest BCUT2D eigenvalue weighted by molar-refractivity contribution is 7.14. The molecule has 0 saturated heterocycles. The van der Waals surface area contributed by atoms with Gasteiger partial charge in [0.05, 0.1) is 16.8 Å². The highest BCUT2D eigenvalue weighted by atomic mass is 32.1. The fourth-order valence-electron chi connectivity index (χ4n) is 4.75. The molecule has 1 saturated carbocycles. The van der Waals surface area contributed by atoms with Gasteiger partial charge >= 0.3 is 0 Å². The molecule has 1 fully saturated rings. The van der Waals surface area contributed by atoms with Gasteiger partial charge in [0.1, 0.15) is 0 Å². The van der Waals surface area contributed by atoms with E-state index in [4.69, 9.17) is 5.73 Å². The minimum Gasteiger partial charge on any atom is -0.347 e. The first-order valence-corrected chi connectivity index (χ1v) is 12.8. The summed E-state index contributed by atoms with van der Waals surface area (Å²) in [6, 6.07) is 10.8. The molecule has 0 radical (unpaired) electrons. The van der Waals surface area contributed by atoms with E-state index in [9.17, 15) is 4.79 Å². The van der Waals surface area contributed by atoms with Gasteiger partial charge in [-0.3, -0.25) is 9.48 Å². The molecule has 2 aliphatic rings. The standard InChI is InChI=1S/C26H32N4OS/c1-2-4-20-16-28-30-12-3-5-23-22(25(20)30)14-24(32-23)26(31)29-21(15-27)13-17-6-8-18(9-7-17)19-10-11-19/h6-9,14,16,19,21H,2-5,10-13,15,27H2,1H3,(H,29,31)/t21-/m0/s1. The molecule has 3 aromatic rings. The Morgan fingerprint density at radius 2 is 2.12 bits per heavy atom. The van der Waals surface area contributed by atoms with Gasteiger partial charge in [0.2, 0.25) is 0 Å². The Kier molecular flexibility index (Phi) is 6.15. The summed E-state index contributed by atoms with van der Waals surface area (Å²) >= 11 is 1.63. The van der Waals surface area contributed by atoms with Gasteiger partial charge in [-0.1, -0.05) is 37.6 Å². The predicted octanol–water partition coefficient (Wildman–Crippen LogP) is 4.69. The molecule has 3 heterocycles. The number of aromatic nitrogens is 2. The van der Waals surface area contributed by atoms with Crippen molar-refractivity contribution in [2.45, 2.75) is 70.4 Å². The first-order chi connectivity index (χ1) is 15.7. The lowest BCUT2D eigenvalue weighted by Crippen LogP contribution is -2.41. The summed E-state index contributed by atoms with van der Waals surface area (Å²) in [4.78, 5) is 15.2. The summed E-state index contributed by atoms with van der Waals surface area (Å²) in [5.74, 6) is 0.744. The zero-order valence-electron chi connectivity index (χ0n) is 18.8. The third-order valence-corrected chi connectivity index (χ3v) is 7.82. The molecule has 0 bridgehead atoms. The maximum Gasteiger partial charge on any atom is 0.261 e. The number of nitrogens with two attached hydrogens (primary N) is 1. The van der Waals surface area contributed by atoms with E-state index in [-0.39, 0.29) is 11.9 Å². The minimum atomic E-state index is -0.0719. The smallest absolute Gasteiger partial charge is 0.261 e. The maximum absolute atomic E-state index is 13.1. The summed E-state index contributed by atoms with van der Waals surface area (Å²) in [6.07, 6.45) is 9.54. The maximum atomic E-state index is 13.1. The van der Waals surface area contributed by atoms with Crippen molar-refractivity contribution < 1.29 is 4.79 Å². The summed E-state index contributed by atoms with van der Waals surface area (Å²) < 4.78 is 2.12. The molecule has 1 amide bonds. The van der Waals surface area contributed by atoms with E-state index < -0.39 is 0 Å². The monoisotopic (exact) mass is 448 g/mol. The number of rotatable bonds is 8. The van der Waals surface area contributed by atoms with Crippen molar-refractivity contribution in [2.24, 2.45) is 5.73 Å². The fourth-order valence-corrected chi connectivity index (χ4v) is 5.86. The van der Waals surface area contributed by atoms with Crippen molar-refractivity contribution in [3.05, 3.63) is 63.0 Å². The number of thiophene rings is 1. The van der Waals surface area contributed by atoms with E-state index in [1.807, 2.05) is 6.20 Å². The second kappa shape index (κ2) is 9.20. The van der Waals surface area contributed by atoms with Gasteiger partial charge in [-0.25, -0.2) is 0 Å². The van der Waals surface area contributed by atoms with Crippen LogP contribution in [0.25, 0.3) is 11.3 Å². The van der Waals surface area contributed by atoms with Gasteiger partial charge in [0, 0.05) is 29.6 Å². The summed E-state index contributed by atoms with van der Waals surface area (Å²) in [7, 11) is 0. The molecule has 1 aliphatic heterocycles. The van der Waals surface area contributed by atoms with Gasteiger partial charge in [0.15, 0.2) is 0 Å². The van der Waals surface area contributed by atoms with Crippen molar-refractivity contribution in [2.75, 3.05) is 6.54 Å². The van der Waals surface area contributed by atoms with Crippen LogP contribution in [0.5, 0.6) is 0 Å². The minimum absolute atomic E-state index is 0.0174. The number of carbonyl (C=O) groups is 1. The molecule has 168 valence electrons. The highest BCUT2D eigenvalue weighted by Gasteiger charge is 2.25. The van der Waals surface area contributed by atoms with Crippen molar-refractivity contribution in [1.29, 1.82) is 0 Å². The average molecular weight is 449 g/mol. The molecule has 5 rings (SSSR count). The number of fused-ring (bicyclic) bond motifs is 3. The number of amides is 1. The highest BCUT2D eigenvalue weighted by Crippen LogP contribution is 2.40. The van der Waals surface area contributed by atoms with Gasteiger partial charge in [-0.2, -0.15) is 5.10 Å². The normalized spacial score (nSPS) is 16.2. The second-order valence-corrected chi connectivity index (χ2v) is 10.3. The van der Waals surface area contributed by atoms with Crippen LogP contribution in [0, 0.1) is 0 Å². The van der Waals surface area contributed by atoms with Crippen LogP contribution in [0.4, 0.5) is 0 Å². The van der Waals surface area contributed by atoms with Crippen LogP contribution < -0.4 is 11.1 Å². The number of benzene rings is 1. The van der Waals surface area contributed by atoms with Gasteiger partial charge < -0.3 is 11.1 Å². The van der Waals surface area contributed by atoms with Crippen LogP contribution in [-0.2, 0) is 25.8 Å². The third kappa shape index (κ3) is 4.39. The fraction of sp³-hybridized carbons (Fsp3) is 0.462. The summed E-state index contributed by atoms with van der Waals surface area (Å²) in [5, 5.41) is 7.81. The van der Waals surface area contributed by atoms with Crippen LogP contribution >= 0.6 is 11.3 Å².